The lowest BCUT2D eigenvalue weighted by atomic mass is 9.84. The number of hydrogen-bond donors (Lipinski definition) is 2. The zero-order valence-electron chi connectivity index (χ0n) is 11.0. The predicted octanol–water partition coefficient (Wildman–Crippen LogP) is 3.16. The molecule has 1 fully saturated rings. The second-order valence-corrected chi connectivity index (χ2v) is 5.01. The van der Waals surface area contributed by atoms with E-state index in [9.17, 15) is 4.79 Å². The molecule has 1 aromatic carbocycles. The maximum absolute atomic E-state index is 11.1. The molecule has 0 unspecified atom stereocenters. The fourth-order valence-corrected chi connectivity index (χ4v) is 2.61. The van der Waals surface area contributed by atoms with Crippen molar-refractivity contribution in [1.82, 2.24) is 10.6 Å². The van der Waals surface area contributed by atoms with Crippen molar-refractivity contribution in [2.75, 3.05) is 7.05 Å². The van der Waals surface area contributed by atoms with E-state index in [-0.39, 0.29) is 6.03 Å². The van der Waals surface area contributed by atoms with E-state index in [2.05, 4.69) is 34.9 Å². The van der Waals surface area contributed by atoms with Crippen LogP contribution in [0.4, 0.5) is 4.79 Å². The molecule has 0 radical (unpaired) electrons. The standard InChI is InChI=1S/C15H22N2O/c1-16-15(18)17-11-12-7-9-14(10-8-12)13-5-3-2-4-6-13/h7-10,13H,2-6,11H2,1H3,(H2,16,17,18). The zero-order chi connectivity index (χ0) is 12.8. The molecular weight excluding hydrogens is 224 g/mol. The number of benzene rings is 1. The van der Waals surface area contributed by atoms with Gasteiger partial charge in [0.1, 0.15) is 0 Å². The minimum atomic E-state index is -0.133. The molecule has 2 N–H and O–H groups in total. The molecule has 0 aliphatic heterocycles. The number of amides is 2. The summed E-state index contributed by atoms with van der Waals surface area (Å²) in [6.07, 6.45) is 6.78. The van der Waals surface area contributed by atoms with Gasteiger partial charge in [0.15, 0.2) is 0 Å². The maximum Gasteiger partial charge on any atom is 0.314 e. The molecule has 1 aliphatic rings. The molecule has 1 aliphatic carbocycles. The Kier molecular flexibility index (Phi) is 4.62. The molecule has 98 valence electrons. The Labute approximate surface area is 109 Å². The van der Waals surface area contributed by atoms with Crippen LogP contribution in [0.2, 0.25) is 0 Å². The topological polar surface area (TPSA) is 41.1 Å². The van der Waals surface area contributed by atoms with Crippen molar-refractivity contribution in [2.24, 2.45) is 0 Å². The number of urea groups is 1. The third kappa shape index (κ3) is 3.49. The molecule has 2 amide bonds. The predicted molar refractivity (Wildman–Crippen MR) is 73.6 cm³/mol. The van der Waals surface area contributed by atoms with Crippen LogP contribution in [-0.4, -0.2) is 13.1 Å². The second-order valence-electron chi connectivity index (χ2n) is 5.01. The van der Waals surface area contributed by atoms with Crippen LogP contribution in [0, 0.1) is 0 Å². The molecule has 0 atom stereocenters. The van der Waals surface area contributed by atoms with Crippen LogP contribution in [0.25, 0.3) is 0 Å². The molecule has 0 heterocycles. The van der Waals surface area contributed by atoms with E-state index >= 15 is 0 Å². The summed E-state index contributed by atoms with van der Waals surface area (Å²) in [4.78, 5) is 11.1. The summed E-state index contributed by atoms with van der Waals surface area (Å²) >= 11 is 0. The average Bonchev–Trinajstić information content (AvgIpc) is 2.46. The van der Waals surface area contributed by atoms with E-state index in [0.717, 1.165) is 11.5 Å². The highest BCUT2D eigenvalue weighted by Gasteiger charge is 2.14. The van der Waals surface area contributed by atoms with E-state index in [1.54, 1.807) is 7.05 Å². The van der Waals surface area contributed by atoms with Gasteiger partial charge in [-0.15, -0.1) is 0 Å². The smallest absolute Gasteiger partial charge is 0.314 e. The molecular formula is C15H22N2O. The van der Waals surface area contributed by atoms with Crippen molar-refractivity contribution in [3.63, 3.8) is 0 Å². The first-order valence-electron chi connectivity index (χ1n) is 6.84. The highest BCUT2D eigenvalue weighted by molar-refractivity contribution is 5.73. The zero-order valence-corrected chi connectivity index (χ0v) is 11.0. The normalized spacial score (nSPS) is 16.3. The summed E-state index contributed by atoms with van der Waals surface area (Å²) in [5, 5.41) is 5.35. The minimum absolute atomic E-state index is 0.133. The minimum Gasteiger partial charge on any atom is -0.341 e. The highest BCUT2D eigenvalue weighted by Crippen LogP contribution is 2.32. The molecule has 3 nitrogen and oxygen atoms in total. The van der Waals surface area contributed by atoms with Crippen molar-refractivity contribution in [1.29, 1.82) is 0 Å². The maximum atomic E-state index is 11.1. The first-order chi connectivity index (χ1) is 8.79. The lowest BCUT2D eigenvalue weighted by molar-refractivity contribution is 0.242. The number of hydrogen-bond acceptors (Lipinski definition) is 1. The van der Waals surface area contributed by atoms with Crippen LogP contribution < -0.4 is 10.6 Å². The molecule has 0 saturated heterocycles. The van der Waals surface area contributed by atoms with Crippen molar-refractivity contribution < 1.29 is 4.79 Å². The first-order valence-corrected chi connectivity index (χ1v) is 6.84. The fourth-order valence-electron chi connectivity index (χ4n) is 2.61. The average molecular weight is 246 g/mol. The Morgan fingerprint density at radius 2 is 1.83 bits per heavy atom. The molecule has 18 heavy (non-hydrogen) atoms. The van der Waals surface area contributed by atoms with Gasteiger partial charge < -0.3 is 10.6 Å². The SMILES string of the molecule is CNC(=O)NCc1ccc(C2CCCCC2)cc1. The molecule has 1 aromatic rings. The van der Waals surface area contributed by atoms with Crippen LogP contribution in [0.5, 0.6) is 0 Å². The lowest BCUT2D eigenvalue weighted by Crippen LogP contribution is -2.32. The van der Waals surface area contributed by atoms with E-state index in [1.165, 1.54) is 37.7 Å². The second kappa shape index (κ2) is 6.43. The summed E-state index contributed by atoms with van der Waals surface area (Å²) in [5.41, 5.74) is 2.61. The molecule has 1 saturated carbocycles. The Hall–Kier alpha value is -1.51. The number of carbonyl (C=O) groups excluding carboxylic acids is 1. The van der Waals surface area contributed by atoms with Gasteiger partial charge in [-0.05, 0) is 29.9 Å². The summed E-state index contributed by atoms with van der Waals surface area (Å²) in [6.45, 7) is 0.588. The fraction of sp³-hybridized carbons (Fsp3) is 0.533. The van der Waals surface area contributed by atoms with Crippen molar-refractivity contribution in [3.05, 3.63) is 35.4 Å². The molecule has 3 heteroatoms. The number of nitrogens with one attached hydrogen (secondary N) is 2. The van der Waals surface area contributed by atoms with Crippen LogP contribution in [0.3, 0.4) is 0 Å². The lowest BCUT2D eigenvalue weighted by Gasteiger charge is -2.22. The van der Waals surface area contributed by atoms with Gasteiger partial charge in [-0.25, -0.2) is 4.79 Å². The first kappa shape index (κ1) is 12.9. The number of rotatable bonds is 3. The monoisotopic (exact) mass is 246 g/mol. The van der Waals surface area contributed by atoms with Crippen molar-refractivity contribution >= 4 is 6.03 Å². The van der Waals surface area contributed by atoms with Gasteiger partial charge >= 0.3 is 6.03 Å². The molecule has 0 spiro atoms. The van der Waals surface area contributed by atoms with Gasteiger partial charge in [0.25, 0.3) is 0 Å². The molecule has 0 bridgehead atoms. The van der Waals surface area contributed by atoms with Gasteiger partial charge in [0, 0.05) is 13.6 Å². The Bertz CT molecular complexity index is 380. The largest absolute Gasteiger partial charge is 0.341 e. The highest BCUT2D eigenvalue weighted by atomic mass is 16.2. The van der Waals surface area contributed by atoms with Crippen LogP contribution in [0.1, 0.15) is 49.1 Å². The van der Waals surface area contributed by atoms with Crippen LogP contribution >= 0.6 is 0 Å². The van der Waals surface area contributed by atoms with Gasteiger partial charge in [0.05, 0.1) is 0 Å². The third-order valence-corrected chi connectivity index (χ3v) is 3.74. The summed E-state index contributed by atoms with van der Waals surface area (Å²) < 4.78 is 0. The Balaban J connectivity index is 1.90. The van der Waals surface area contributed by atoms with Gasteiger partial charge in [-0.2, -0.15) is 0 Å². The van der Waals surface area contributed by atoms with E-state index in [1.807, 2.05) is 0 Å². The van der Waals surface area contributed by atoms with Crippen molar-refractivity contribution in [2.45, 2.75) is 44.6 Å². The Morgan fingerprint density at radius 1 is 1.17 bits per heavy atom. The van der Waals surface area contributed by atoms with Gasteiger partial charge in [-0.3, -0.25) is 0 Å². The third-order valence-electron chi connectivity index (χ3n) is 3.74. The van der Waals surface area contributed by atoms with Crippen LogP contribution in [-0.2, 0) is 6.54 Å². The quantitative estimate of drug-likeness (QED) is 0.845. The van der Waals surface area contributed by atoms with Crippen LogP contribution in [0.15, 0.2) is 24.3 Å². The summed E-state index contributed by atoms with van der Waals surface area (Å²) in [7, 11) is 1.63. The van der Waals surface area contributed by atoms with Gasteiger partial charge in [0.2, 0.25) is 0 Å². The molecule has 0 aromatic heterocycles. The summed E-state index contributed by atoms with van der Waals surface area (Å²) in [5.74, 6) is 0.750. The van der Waals surface area contributed by atoms with E-state index in [4.69, 9.17) is 0 Å². The Morgan fingerprint density at radius 3 is 2.44 bits per heavy atom. The van der Waals surface area contributed by atoms with Gasteiger partial charge in [-0.1, -0.05) is 43.5 Å². The van der Waals surface area contributed by atoms with E-state index in [0.29, 0.717) is 6.54 Å². The summed E-state index contributed by atoms with van der Waals surface area (Å²) in [6, 6.07) is 8.55. The number of carbonyl (C=O) groups is 1. The van der Waals surface area contributed by atoms with Crippen molar-refractivity contribution in [3.8, 4) is 0 Å². The van der Waals surface area contributed by atoms with E-state index < -0.39 is 0 Å². The molecule has 2 rings (SSSR count).